The number of nitrogens with one attached hydrogen (secondary N) is 1. The van der Waals surface area contributed by atoms with Crippen LogP contribution in [0.1, 0.15) is 25.1 Å². The van der Waals surface area contributed by atoms with Crippen LogP contribution < -0.4 is 10.1 Å². The van der Waals surface area contributed by atoms with E-state index in [0.29, 0.717) is 17.1 Å². The highest BCUT2D eigenvalue weighted by molar-refractivity contribution is 7.15. The van der Waals surface area contributed by atoms with Gasteiger partial charge in [0.1, 0.15) is 6.10 Å². The molecule has 27 heavy (non-hydrogen) atoms. The number of thiazole rings is 1. The highest BCUT2D eigenvalue weighted by Crippen LogP contribution is 2.27. The van der Waals surface area contributed by atoms with Crippen molar-refractivity contribution in [3.8, 4) is 5.88 Å². The number of para-hydroxylation sites is 1. The van der Waals surface area contributed by atoms with Gasteiger partial charge in [0, 0.05) is 55.0 Å². The van der Waals surface area contributed by atoms with Crippen LogP contribution in [0.15, 0.2) is 42.6 Å². The van der Waals surface area contributed by atoms with Gasteiger partial charge >= 0.3 is 0 Å². The number of likely N-dealkylation sites (tertiary alicyclic amines) is 1. The molecule has 3 heterocycles. The molecule has 0 radical (unpaired) electrons. The summed E-state index contributed by atoms with van der Waals surface area (Å²) in [5.74, 6) is 0.584. The first-order valence-corrected chi connectivity index (χ1v) is 9.87. The van der Waals surface area contributed by atoms with Crippen LogP contribution in [-0.4, -0.2) is 39.5 Å². The molecular formula is C20H22N4O2S. The smallest absolute Gasteiger partial charge is 0.223 e. The van der Waals surface area contributed by atoms with Crippen LogP contribution in [-0.2, 0) is 11.3 Å². The second-order valence-electron chi connectivity index (χ2n) is 6.91. The molecule has 0 spiro atoms. The number of ether oxygens (including phenoxy) is 1. The largest absolute Gasteiger partial charge is 0.473 e. The third kappa shape index (κ3) is 4.26. The number of hydrogen-bond acceptors (Lipinski definition) is 6. The Morgan fingerprint density at radius 3 is 3.04 bits per heavy atom. The average Bonchev–Trinajstić information content (AvgIpc) is 3.21. The zero-order valence-corrected chi connectivity index (χ0v) is 16.2. The summed E-state index contributed by atoms with van der Waals surface area (Å²) in [5.41, 5.74) is 0.952. The SMILES string of the molecule is CC(=O)Nc1ncc(CN2C[C@H](Oc3ccc4ccccc4n3)C[C@@H]2C)s1. The van der Waals surface area contributed by atoms with E-state index in [1.165, 1.54) is 18.3 Å². The summed E-state index contributed by atoms with van der Waals surface area (Å²) in [6, 6.07) is 12.5. The van der Waals surface area contributed by atoms with Crippen molar-refractivity contribution in [2.45, 2.75) is 39.0 Å². The molecule has 0 unspecified atom stereocenters. The minimum atomic E-state index is -0.0956. The molecule has 0 bridgehead atoms. The summed E-state index contributed by atoms with van der Waals surface area (Å²) in [5, 5.41) is 4.50. The van der Waals surface area contributed by atoms with Crippen molar-refractivity contribution in [1.82, 2.24) is 14.9 Å². The first-order valence-electron chi connectivity index (χ1n) is 9.05. The monoisotopic (exact) mass is 382 g/mol. The molecule has 140 valence electrons. The van der Waals surface area contributed by atoms with E-state index in [1.807, 2.05) is 30.5 Å². The number of fused-ring (bicyclic) bond motifs is 1. The number of amides is 1. The number of rotatable bonds is 5. The van der Waals surface area contributed by atoms with Gasteiger partial charge in [-0.25, -0.2) is 9.97 Å². The molecule has 3 aromatic rings. The van der Waals surface area contributed by atoms with E-state index in [0.717, 1.165) is 35.3 Å². The van der Waals surface area contributed by atoms with Crippen molar-refractivity contribution < 1.29 is 9.53 Å². The lowest BCUT2D eigenvalue weighted by atomic mass is 10.2. The molecule has 2 atom stereocenters. The fraction of sp³-hybridized carbons (Fsp3) is 0.350. The van der Waals surface area contributed by atoms with Crippen LogP contribution in [0.25, 0.3) is 10.9 Å². The van der Waals surface area contributed by atoms with Crippen LogP contribution in [0.4, 0.5) is 5.13 Å². The van der Waals surface area contributed by atoms with Crippen molar-refractivity contribution in [3.05, 3.63) is 47.5 Å². The minimum Gasteiger partial charge on any atom is -0.473 e. The minimum absolute atomic E-state index is 0.0956. The summed E-state index contributed by atoms with van der Waals surface area (Å²) in [6.45, 7) is 5.37. The van der Waals surface area contributed by atoms with Crippen molar-refractivity contribution >= 4 is 33.3 Å². The predicted octanol–water partition coefficient (Wildman–Crippen LogP) is 3.69. The lowest BCUT2D eigenvalue weighted by Crippen LogP contribution is -2.27. The Morgan fingerprint density at radius 2 is 2.19 bits per heavy atom. The first kappa shape index (κ1) is 17.9. The van der Waals surface area contributed by atoms with Crippen molar-refractivity contribution in [1.29, 1.82) is 0 Å². The third-order valence-electron chi connectivity index (χ3n) is 4.72. The van der Waals surface area contributed by atoms with E-state index in [4.69, 9.17) is 4.74 Å². The van der Waals surface area contributed by atoms with Crippen LogP contribution in [0.2, 0.25) is 0 Å². The number of pyridine rings is 1. The topological polar surface area (TPSA) is 67.4 Å². The standard InChI is InChI=1S/C20H22N4O2S/c1-13-9-16(26-19-8-7-15-5-3-4-6-18(15)23-19)11-24(13)12-17-10-21-20(27-17)22-14(2)25/h3-8,10,13,16H,9,11-12H2,1-2H3,(H,21,22,25)/t13-,16+/m0/s1. The number of nitrogens with zero attached hydrogens (tertiary/aromatic N) is 3. The number of anilines is 1. The normalized spacial score (nSPS) is 20.1. The molecule has 1 amide bonds. The van der Waals surface area contributed by atoms with Crippen LogP contribution in [0, 0.1) is 0 Å². The van der Waals surface area contributed by atoms with Gasteiger partial charge in [0.25, 0.3) is 0 Å². The van der Waals surface area contributed by atoms with Crippen molar-refractivity contribution in [2.24, 2.45) is 0 Å². The number of carbonyl (C=O) groups is 1. The molecule has 1 fully saturated rings. The Balaban J connectivity index is 1.38. The molecule has 7 heteroatoms. The summed E-state index contributed by atoms with van der Waals surface area (Å²) in [7, 11) is 0. The second kappa shape index (κ2) is 7.62. The first-order chi connectivity index (χ1) is 13.1. The Morgan fingerprint density at radius 1 is 1.33 bits per heavy atom. The summed E-state index contributed by atoms with van der Waals surface area (Å²) in [6.07, 6.45) is 2.92. The Bertz CT molecular complexity index is 958. The van der Waals surface area contributed by atoms with Crippen molar-refractivity contribution in [2.75, 3.05) is 11.9 Å². The van der Waals surface area contributed by atoms with Gasteiger partial charge in [-0.3, -0.25) is 9.69 Å². The van der Waals surface area contributed by atoms with Gasteiger partial charge in [0.15, 0.2) is 5.13 Å². The molecular weight excluding hydrogens is 360 g/mol. The molecule has 4 rings (SSSR count). The zero-order chi connectivity index (χ0) is 18.8. The summed E-state index contributed by atoms with van der Waals surface area (Å²) < 4.78 is 6.16. The van der Waals surface area contributed by atoms with Gasteiger partial charge in [-0.2, -0.15) is 0 Å². The molecule has 6 nitrogen and oxygen atoms in total. The van der Waals surface area contributed by atoms with Gasteiger partial charge in [0.2, 0.25) is 11.8 Å². The van der Waals surface area contributed by atoms with E-state index in [-0.39, 0.29) is 12.0 Å². The quantitative estimate of drug-likeness (QED) is 0.729. The maximum Gasteiger partial charge on any atom is 0.223 e. The van der Waals surface area contributed by atoms with Gasteiger partial charge in [0.05, 0.1) is 5.52 Å². The molecule has 1 N–H and O–H groups in total. The highest BCUT2D eigenvalue weighted by Gasteiger charge is 2.31. The zero-order valence-electron chi connectivity index (χ0n) is 15.4. The molecule has 1 aromatic carbocycles. The maximum absolute atomic E-state index is 11.1. The van der Waals surface area contributed by atoms with Gasteiger partial charge in [-0.1, -0.05) is 18.2 Å². The third-order valence-corrected chi connectivity index (χ3v) is 5.62. The lowest BCUT2D eigenvalue weighted by molar-refractivity contribution is -0.114. The van der Waals surface area contributed by atoms with E-state index in [9.17, 15) is 4.79 Å². The molecule has 1 aliphatic rings. The maximum atomic E-state index is 11.1. The second-order valence-corrected chi connectivity index (χ2v) is 8.02. The van der Waals surface area contributed by atoms with Crippen molar-refractivity contribution in [3.63, 3.8) is 0 Å². The van der Waals surface area contributed by atoms with Gasteiger partial charge in [-0.15, -0.1) is 11.3 Å². The van der Waals surface area contributed by atoms with Gasteiger partial charge in [-0.05, 0) is 19.1 Å². The lowest BCUT2D eigenvalue weighted by Gasteiger charge is -2.19. The average molecular weight is 382 g/mol. The van der Waals surface area contributed by atoms with Crippen LogP contribution in [0.3, 0.4) is 0 Å². The summed E-state index contributed by atoms with van der Waals surface area (Å²) >= 11 is 1.52. The summed E-state index contributed by atoms with van der Waals surface area (Å²) in [4.78, 5) is 23.5. The predicted molar refractivity (Wildman–Crippen MR) is 107 cm³/mol. The Hall–Kier alpha value is -2.51. The van der Waals surface area contributed by atoms with E-state index >= 15 is 0 Å². The highest BCUT2D eigenvalue weighted by atomic mass is 32.1. The molecule has 0 saturated carbocycles. The van der Waals surface area contributed by atoms with Gasteiger partial charge < -0.3 is 10.1 Å². The fourth-order valence-electron chi connectivity index (χ4n) is 3.42. The molecule has 2 aromatic heterocycles. The van der Waals surface area contributed by atoms with E-state index in [2.05, 4.69) is 39.2 Å². The van der Waals surface area contributed by atoms with E-state index < -0.39 is 0 Å². The van der Waals surface area contributed by atoms with Crippen LogP contribution in [0.5, 0.6) is 5.88 Å². The number of carbonyl (C=O) groups excluding carboxylic acids is 1. The molecule has 1 aliphatic heterocycles. The number of hydrogen-bond donors (Lipinski definition) is 1. The molecule has 0 aliphatic carbocycles. The van der Waals surface area contributed by atoms with E-state index in [1.54, 1.807) is 0 Å². The fourth-order valence-corrected chi connectivity index (χ4v) is 4.31. The van der Waals surface area contributed by atoms with Crippen LogP contribution >= 0.6 is 11.3 Å². The Labute approximate surface area is 162 Å². The number of aromatic nitrogens is 2. The Kier molecular flexibility index (Phi) is 5.05. The molecule has 1 saturated heterocycles. The number of benzene rings is 1.